The molecule has 6 nitrogen and oxygen atoms in total. The SMILES string of the molecule is CC(=O)NC(CC(=O)Nc1ccc(Cn2ccccc2=O)cc1)c1ccccc1. The highest BCUT2D eigenvalue weighted by molar-refractivity contribution is 5.91. The summed E-state index contributed by atoms with van der Waals surface area (Å²) >= 11 is 0. The van der Waals surface area contributed by atoms with Gasteiger partial charge in [0.2, 0.25) is 11.8 Å². The Labute approximate surface area is 169 Å². The van der Waals surface area contributed by atoms with Gasteiger partial charge in [0, 0.05) is 24.9 Å². The molecule has 1 aromatic heterocycles. The first-order valence-corrected chi connectivity index (χ1v) is 9.37. The van der Waals surface area contributed by atoms with Gasteiger partial charge in [-0.1, -0.05) is 48.5 Å². The van der Waals surface area contributed by atoms with Crippen LogP contribution in [0.3, 0.4) is 0 Å². The number of amides is 2. The Morgan fingerprint density at radius 2 is 1.62 bits per heavy atom. The molecule has 1 unspecified atom stereocenters. The number of hydrogen-bond donors (Lipinski definition) is 2. The Bertz CT molecular complexity index is 1030. The summed E-state index contributed by atoms with van der Waals surface area (Å²) in [4.78, 5) is 35.8. The molecule has 2 N–H and O–H groups in total. The average molecular weight is 389 g/mol. The van der Waals surface area contributed by atoms with Gasteiger partial charge in [0.25, 0.3) is 5.56 Å². The van der Waals surface area contributed by atoms with Crippen molar-refractivity contribution in [1.82, 2.24) is 9.88 Å². The monoisotopic (exact) mass is 389 g/mol. The van der Waals surface area contributed by atoms with Crippen LogP contribution in [0.25, 0.3) is 0 Å². The molecule has 148 valence electrons. The van der Waals surface area contributed by atoms with Crippen LogP contribution in [0.15, 0.2) is 83.8 Å². The van der Waals surface area contributed by atoms with Crippen LogP contribution in [0.5, 0.6) is 0 Å². The maximum atomic E-state index is 12.5. The minimum Gasteiger partial charge on any atom is -0.349 e. The molecule has 0 spiro atoms. The Morgan fingerprint density at radius 3 is 2.28 bits per heavy atom. The highest BCUT2D eigenvalue weighted by atomic mass is 16.2. The fraction of sp³-hybridized carbons (Fsp3) is 0.174. The van der Waals surface area contributed by atoms with Crippen LogP contribution in [0.2, 0.25) is 0 Å². The van der Waals surface area contributed by atoms with Crippen molar-refractivity contribution in [2.45, 2.75) is 25.9 Å². The van der Waals surface area contributed by atoms with Crippen LogP contribution in [-0.2, 0) is 16.1 Å². The lowest BCUT2D eigenvalue weighted by molar-refractivity contribution is -0.120. The van der Waals surface area contributed by atoms with Gasteiger partial charge in [-0.05, 0) is 29.3 Å². The molecule has 0 aliphatic heterocycles. The highest BCUT2D eigenvalue weighted by Crippen LogP contribution is 2.18. The molecule has 1 atom stereocenters. The van der Waals surface area contributed by atoms with Crippen LogP contribution in [0.1, 0.15) is 30.5 Å². The largest absolute Gasteiger partial charge is 0.349 e. The fourth-order valence-electron chi connectivity index (χ4n) is 3.06. The van der Waals surface area contributed by atoms with Gasteiger partial charge in [0.1, 0.15) is 0 Å². The van der Waals surface area contributed by atoms with E-state index < -0.39 is 6.04 Å². The predicted octanol–water partition coefficient (Wildman–Crippen LogP) is 3.10. The molecule has 29 heavy (non-hydrogen) atoms. The molecular formula is C23H23N3O3. The predicted molar refractivity (Wildman–Crippen MR) is 112 cm³/mol. The van der Waals surface area contributed by atoms with Crippen LogP contribution in [0, 0.1) is 0 Å². The minimum absolute atomic E-state index is 0.0604. The number of carbonyl (C=O) groups is 2. The second-order valence-corrected chi connectivity index (χ2v) is 6.78. The van der Waals surface area contributed by atoms with Gasteiger partial charge in [0.15, 0.2) is 0 Å². The quantitative estimate of drug-likeness (QED) is 0.652. The topological polar surface area (TPSA) is 80.2 Å². The lowest BCUT2D eigenvalue weighted by atomic mass is 10.0. The molecule has 0 fully saturated rings. The summed E-state index contributed by atoms with van der Waals surface area (Å²) in [5, 5.41) is 5.68. The first-order valence-electron chi connectivity index (χ1n) is 9.37. The number of aromatic nitrogens is 1. The molecule has 0 saturated carbocycles. The maximum absolute atomic E-state index is 12.5. The first-order chi connectivity index (χ1) is 14.0. The molecule has 1 heterocycles. The van der Waals surface area contributed by atoms with Crippen molar-refractivity contribution in [3.8, 4) is 0 Å². The molecule has 0 saturated heterocycles. The van der Waals surface area contributed by atoms with Gasteiger partial charge >= 0.3 is 0 Å². The second-order valence-electron chi connectivity index (χ2n) is 6.78. The summed E-state index contributed by atoms with van der Waals surface area (Å²) < 4.78 is 1.62. The van der Waals surface area contributed by atoms with Crippen LogP contribution in [0.4, 0.5) is 5.69 Å². The van der Waals surface area contributed by atoms with E-state index in [9.17, 15) is 14.4 Å². The van der Waals surface area contributed by atoms with Crippen molar-refractivity contribution in [2.24, 2.45) is 0 Å². The minimum atomic E-state index is -0.391. The summed E-state index contributed by atoms with van der Waals surface area (Å²) in [5.41, 5.74) is 2.43. The Morgan fingerprint density at radius 1 is 0.931 bits per heavy atom. The summed E-state index contributed by atoms with van der Waals surface area (Å²) in [6.07, 6.45) is 1.87. The van der Waals surface area contributed by atoms with E-state index in [0.717, 1.165) is 11.1 Å². The molecule has 0 aliphatic carbocycles. The molecule has 3 aromatic rings. The van der Waals surface area contributed by atoms with Crippen LogP contribution in [-0.4, -0.2) is 16.4 Å². The second kappa shape index (κ2) is 9.50. The number of hydrogen-bond acceptors (Lipinski definition) is 3. The fourth-order valence-corrected chi connectivity index (χ4v) is 3.06. The third kappa shape index (κ3) is 5.90. The molecule has 0 aliphatic rings. The van der Waals surface area contributed by atoms with Gasteiger partial charge in [-0.2, -0.15) is 0 Å². The third-order valence-corrected chi connectivity index (χ3v) is 4.46. The van der Waals surface area contributed by atoms with Crippen molar-refractivity contribution in [3.05, 3.63) is 100 Å². The number of anilines is 1. The van der Waals surface area contributed by atoms with Crippen molar-refractivity contribution in [1.29, 1.82) is 0 Å². The third-order valence-electron chi connectivity index (χ3n) is 4.46. The number of rotatable bonds is 7. The van der Waals surface area contributed by atoms with E-state index in [-0.39, 0.29) is 23.8 Å². The molecule has 3 rings (SSSR count). The van der Waals surface area contributed by atoms with Crippen molar-refractivity contribution in [3.63, 3.8) is 0 Å². The van der Waals surface area contributed by atoms with E-state index in [1.54, 1.807) is 29.0 Å². The van der Waals surface area contributed by atoms with Gasteiger partial charge in [-0.25, -0.2) is 0 Å². The van der Waals surface area contributed by atoms with Crippen molar-refractivity contribution >= 4 is 17.5 Å². The lowest BCUT2D eigenvalue weighted by Crippen LogP contribution is -2.29. The number of nitrogens with one attached hydrogen (secondary N) is 2. The Kier molecular flexibility index (Phi) is 6.58. The maximum Gasteiger partial charge on any atom is 0.250 e. The summed E-state index contributed by atoms with van der Waals surface area (Å²) in [6.45, 7) is 1.90. The number of nitrogens with zero attached hydrogens (tertiary/aromatic N) is 1. The zero-order valence-corrected chi connectivity index (χ0v) is 16.2. The number of carbonyl (C=O) groups excluding carboxylic acids is 2. The van der Waals surface area contributed by atoms with E-state index in [4.69, 9.17) is 0 Å². The normalized spacial score (nSPS) is 11.5. The van der Waals surface area contributed by atoms with Crippen molar-refractivity contribution < 1.29 is 9.59 Å². The van der Waals surface area contributed by atoms with Crippen LogP contribution >= 0.6 is 0 Å². The molecular weight excluding hydrogens is 366 g/mol. The zero-order chi connectivity index (χ0) is 20.6. The Hall–Kier alpha value is -3.67. The summed E-state index contributed by atoms with van der Waals surface area (Å²) in [7, 11) is 0. The Balaban J connectivity index is 1.63. The molecule has 2 amide bonds. The number of benzene rings is 2. The highest BCUT2D eigenvalue weighted by Gasteiger charge is 2.17. The summed E-state index contributed by atoms with van der Waals surface area (Å²) in [5.74, 6) is -0.383. The molecule has 0 bridgehead atoms. The zero-order valence-electron chi connectivity index (χ0n) is 16.2. The van der Waals surface area contributed by atoms with E-state index in [1.165, 1.54) is 13.0 Å². The van der Waals surface area contributed by atoms with E-state index in [2.05, 4.69) is 10.6 Å². The smallest absolute Gasteiger partial charge is 0.250 e. The van der Waals surface area contributed by atoms with Gasteiger partial charge in [-0.15, -0.1) is 0 Å². The molecule has 2 aromatic carbocycles. The average Bonchev–Trinajstić information content (AvgIpc) is 2.71. The first kappa shape index (κ1) is 20.1. The van der Waals surface area contributed by atoms with E-state index >= 15 is 0 Å². The van der Waals surface area contributed by atoms with Gasteiger partial charge < -0.3 is 15.2 Å². The van der Waals surface area contributed by atoms with Crippen molar-refractivity contribution in [2.75, 3.05) is 5.32 Å². The van der Waals surface area contributed by atoms with Gasteiger partial charge in [-0.3, -0.25) is 14.4 Å². The summed E-state index contributed by atoms with van der Waals surface area (Å²) in [6, 6.07) is 21.4. The molecule has 6 heteroatoms. The number of pyridine rings is 1. The molecule has 0 radical (unpaired) electrons. The standard InChI is InChI=1S/C23H23N3O3/c1-17(27)24-21(19-7-3-2-4-8-19)15-22(28)25-20-12-10-18(11-13-20)16-26-14-6-5-9-23(26)29/h2-14,21H,15-16H2,1H3,(H,24,27)(H,25,28). The van der Waals surface area contributed by atoms with E-state index in [1.807, 2.05) is 48.5 Å². The van der Waals surface area contributed by atoms with Gasteiger partial charge in [0.05, 0.1) is 19.0 Å². The lowest BCUT2D eigenvalue weighted by Gasteiger charge is -2.18. The van der Waals surface area contributed by atoms with E-state index in [0.29, 0.717) is 12.2 Å². The van der Waals surface area contributed by atoms with Crippen LogP contribution < -0.4 is 16.2 Å².